The van der Waals surface area contributed by atoms with Gasteiger partial charge in [0.15, 0.2) is 5.78 Å². The second-order valence-electron chi connectivity index (χ2n) is 8.65. The number of carbonyl (C=O) groups is 2. The van der Waals surface area contributed by atoms with Crippen LogP contribution in [0.25, 0.3) is 5.57 Å². The number of hydrogen-bond donors (Lipinski definition) is 0. The van der Waals surface area contributed by atoms with Gasteiger partial charge in [0.25, 0.3) is 0 Å². The molecule has 1 unspecified atom stereocenters. The lowest BCUT2D eigenvalue weighted by atomic mass is 9.74. The predicted molar refractivity (Wildman–Crippen MR) is 136 cm³/mol. The average Bonchev–Trinajstić information content (AvgIpc) is 2.85. The van der Waals surface area contributed by atoms with Gasteiger partial charge in [-0.1, -0.05) is 29.1 Å². The summed E-state index contributed by atoms with van der Waals surface area (Å²) in [5.74, 6) is 6.21. The van der Waals surface area contributed by atoms with Gasteiger partial charge in [0.2, 0.25) is 0 Å². The molecular weight excluding hydrogens is 487 g/mol. The number of allylic oxidation sites excluding steroid dienone is 2. The van der Waals surface area contributed by atoms with E-state index in [1.54, 1.807) is 43.3 Å². The second kappa shape index (κ2) is 11.3. The Morgan fingerprint density at radius 3 is 2.43 bits per heavy atom. The molecule has 1 saturated heterocycles. The van der Waals surface area contributed by atoms with E-state index < -0.39 is 5.97 Å². The Bertz CT molecular complexity index is 1210. The Hall–Kier alpha value is -2.78. The Balaban J connectivity index is 1.79. The predicted octanol–water partition coefficient (Wildman–Crippen LogP) is 6.35. The van der Waals surface area contributed by atoms with Crippen molar-refractivity contribution in [2.24, 2.45) is 11.8 Å². The summed E-state index contributed by atoms with van der Waals surface area (Å²) >= 11 is 12.6. The molecule has 0 radical (unpaired) electrons. The van der Waals surface area contributed by atoms with Crippen molar-refractivity contribution in [3.05, 3.63) is 68.9 Å². The molecule has 2 aliphatic rings. The van der Waals surface area contributed by atoms with Crippen molar-refractivity contribution in [2.75, 3.05) is 20.3 Å². The van der Waals surface area contributed by atoms with Crippen molar-refractivity contribution >= 4 is 40.5 Å². The van der Waals surface area contributed by atoms with Crippen molar-refractivity contribution in [3.8, 4) is 17.6 Å². The lowest BCUT2D eigenvalue weighted by Gasteiger charge is -2.34. The van der Waals surface area contributed by atoms with Crippen LogP contribution in [0.15, 0.2) is 42.2 Å². The van der Waals surface area contributed by atoms with E-state index in [4.69, 9.17) is 37.4 Å². The zero-order valence-corrected chi connectivity index (χ0v) is 21.2. The number of hydrogen-bond acceptors (Lipinski definition) is 5. The van der Waals surface area contributed by atoms with Gasteiger partial charge in [-0.2, -0.15) is 0 Å². The minimum absolute atomic E-state index is 0.0539. The molecule has 7 heteroatoms. The van der Waals surface area contributed by atoms with Gasteiger partial charge in [-0.25, -0.2) is 4.79 Å². The van der Waals surface area contributed by atoms with Crippen molar-refractivity contribution in [1.82, 2.24) is 0 Å². The molecule has 0 N–H and O–H groups in total. The van der Waals surface area contributed by atoms with Crippen LogP contribution in [0.4, 0.5) is 0 Å². The highest BCUT2D eigenvalue weighted by molar-refractivity contribution is 6.36. The Kier molecular flexibility index (Phi) is 8.18. The number of benzene rings is 2. The summed E-state index contributed by atoms with van der Waals surface area (Å²) in [6.45, 7) is 3.07. The molecule has 0 aromatic heterocycles. The van der Waals surface area contributed by atoms with Gasteiger partial charge in [0.1, 0.15) is 11.5 Å². The highest BCUT2D eigenvalue weighted by Gasteiger charge is 2.37. The molecule has 1 aliphatic carbocycles. The fraction of sp³-hybridized carbons (Fsp3) is 0.357. The van der Waals surface area contributed by atoms with Gasteiger partial charge in [0.05, 0.1) is 23.3 Å². The van der Waals surface area contributed by atoms with Crippen LogP contribution in [0.3, 0.4) is 0 Å². The van der Waals surface area contributed by atoms with Gasteiger partial charge in [-0.15, -0.1) is 5.92 Å². The SMILES string of the molecule is CC#Cc1cc(Cl)c(C2=C(OC(=O)c3ccc(Cl)cc3)CC(C3CCOCC3)CC2=O)c(OC)c1. The molecule has 182 valence electrons. The molecule has 1 heterocycles. The number of methoxy groups -OCH3 is 1. The van der Waals surface area contributed by atoms with Gasteiger partial charge in [-0.05, 0) is 68.0 Å². The van der Waals surface area contributed by atoms with Crippen molar-refractivity contribution in [2.45, 2.75) is 32.6 Å². The van der Waals surface area contributed by atoms with Crippen LogP contribution in [0.5, 0.6) is 5.75 Å². The van der Waals surface area contributed by atoms with Gasteiger partial charge >= 0.3 is 5.97 Å². The maximum absolute atomic E-state index is 13.6. The minimum Gasteiger partial charge on any atom is -0.496 e. The summed E-state index contributed by atoms with van der Waals surface area (Å²) < 4.78 is 17.0. The summed E-state index contributed by atoms with van der Waals surface area (Å²) in [6, 6.07) is 9.87. The maximum Gasteiger partial charge on any atom is 0.343 e. The molecule has 2 aromatic rings. The lowest BCUT2D eigenvalue weighted by Crippen LogP contribution is -2.30. The van der Waals surface area contributed by atoms with E-state index in [2.05, 4.69) is 11.8 Å². The monoisotopic (exact) mass is 512 g/mol. The number of carbonyl (C=O) groups excluding carboxylic acids is 2. The smallest absolute Gasteiger partial charge is 0.343 e. The highest BCUT2D eigenvalue weighted by Crippen LogP contribution is 2.44. The Labute approximate surface area is 215 Å². The normalized spacial score (nSPS) is 18.6. The molecule has 5 nitrogen and oxygen atoms in total. The number of Topliss-reactive ketones (excluding diaryl/α,β-unsaturated/α-hetero) is 1. The molecule has 35 heavy (non-hydrogen) atoms. The van der Waals surface area contributed by atoms with Crippen LogP contribution in [0, 0.1) is 23.7 Å². The first-order valence-corrected chi connectivity index (χ1v) is 12.3. The molecule has 0 bridgehead atoms. The van der Waals surface area contributed by atoms with E-state index in [-0.39, 0.29) is 17.3 Å². The quantitative estimate of drug-likeness (QED) is 0.345. The molecule has 2 aromatic carbocycles. The number of esters is 1. The fourth-order valence-electron chi connectivity index (χ4n) is 4.76. The second-order valence-corrected chi connectivity index (χ2v) is 9.49. The van der Waals surface area contributed by atoms with Crippen LogP contribution in [-0.2, 0) is 14.3 Å². The van der Waals surface area contributed by atoms with E-state index in [0.29, 0.717) is 70.2 Å². The van der Waals surface area contributed by atoms with Crippen LogP contribution in [0.1, 0.15) is 54.1 Å². The molecule has 0 spiro atoms. The summed E-state index contributed by atoms with van der Waals surface area (Å²) in [4.78, 5) is 26.7. The van der Waals surface area contributed by atoms with Crippen LogP contribution in [0.2, 0.25) is 10.0 Å². The molecule has 1 fully saturated rings. The summed E-state index contributed by atoms with van der Waals surface area (Å²) in [5, 5.41) is 0.829. The maximum atomic E-state index is 13.6. The average molecular weight is 513 g/mol. The molecule has 4 rings (SSSR count). The molecule has 0 saturated carbocycles. The Morgan fingerprint density at radius 2 is 1.77 bits per heavy atom. The first kappa shape index (κ1) is 25.3. The van der Waals surface area contributed by atoms with Gasteiger partial charge in [0, 0.05) is 42.2 Å². The van der Waals surface area contributed by atoms with Gasteiger partial charge in [-0.3, -0.25) is 4.79 Å². The van der Waals surface area contributed by atoms with Crippen LogP contribution < -0.4 is 4.74 Å². The van der Waals surface area contributed by atoms with E-state index in [0.717, 1.165) is 12.8 Å². The van der Waals surface area contributed by atoms with Crippen LogP contribution >= 0.6 is 23.2 Å². The number of ether oxygens (including phenoxy) is 3. The van der Waals surface area contributed by atoms with E-state index in [9.17, 15) is 9.59 Å². The van der Waals surface area contributed by atoms with Crippen molar-refractivity contribution in [1.29, 1.82) is 0 Å². The lowest BCUT2D eigenvalue weighted by molar-refractivity contribution is -0.116. The molecule has 1 aliphatic heterocycles. The zero-order valence-electron chi connectivity index (χ0n) is 19.7. The third kappa shape index (κ3) is 5.73. The number of halogens is 2. The first-order chi connectivity index (χ1) is 16.9. The highest BCUT2D eigenvalue weighted by atomic mass is 35.5. The molecule has 1 atom stereocenters. The van der Waals surface area contributed by atoms with Crippen LogP contribution in [-0.4, -0.2) is 32.1 Å². The third-order valence-corrected chi connectivity index (χ3v) is 7.02. The fourth-order valence-corrected chi connectivity index (χ4v) is 5.19. The number of ketones is 1. The van der Waals surface area contributed by atoms with E-state index >= 15 is 0 Å². The zero-order chi connectivity index (χ0) is 24.9. The molecule has 0 amide bonds. The summed E-state index contributed by atoms with van der Waals surface area (Å²) in [7, 11) is 1.51. The Morgan fingerprint density at radius 1 is 1.06 bits per heavy atom. The molecular formula is C28H26Cl2O5. The largest absolute Gasteiger partial charge is 0.496 e. The third-order valence-electron chi connectivity index (χ3n) is 6.47. The summed E-state index contributed by atoms with van der Waals surface area (Å²) in [5.41, 5.74) is 1.72. The first-order valence-electron chi connectivity index (χ1n) is 11.5. The van der Waals surface area contributed by atoms with Crippen molar-refractivity contribution < 1.29 is 23.8 Å². The van der Waals surface area contributed by atoms with Gasteiger partial charge < -0.3 is 14.2 Å². The van der Waals surface area contributed by atoms with E-state index in [1.807, 2.05) is 0 Å². The summed E-state index contributed by atoms with van der Waals surface area (Å²) in [6.07, 6.45) is 2.54. The van der Waals surface area contributed by atoms with Crippen molar-refractivity contribution in [3.63, 3.8) is 0 Å². The standard InChI is InChI=1S/C28H26Cl2O5/c1-3-4-17-13-22(30)26(24(14-17)33-2)27-23(31)15-20(18-9-11-34-12-10-18)16-25(27)35-28(32)19-5-7-21(29)8-6-19/h5-8,13-14,18,20H,9-12,15-16H2,1-2H3. The number of rotatable bonds is 5. The van der Waals surface area contributed by atoms with E-state index in [1.165, 1.54) is 7.11 Å². The minimum atomic E-state index is -0.557. The topological polar surface area (TPSA) is 61.8 Å².